The maximum absolute atomic E-state index is 12.3. The van der Waals surface area contributed by atoms with E-state index in [0.29, 0.717) is 15.6 Å². The molecule has 0 amide bonds. The predicted molar refractivity (Wildman–Crippen MR) is 80.8 cm³/mol. The Morgan fingerprint density at radius 2 is 2.24 bits per heavy atom. The fraction of sp³-hybridized carbons (Fsp3) is 0.667. The number of rotatable bonds is 4. The molecule has 21 heavy (non-hydrogen) atoms. The quantitative estimate of drug-likeness (QED) is 0.863. The zero-order valence-corrected chi connectivity index (χ0v) is 13.7. The van der Waals surface area contributed by atoms with Gasteiger partial charge in [-0.3, -0.25) is 4.79 Å². The van der Waals surface area contributed by atoms with Crippen LogP contribution in [0.15, 0.2) is 15.5 Å². The smallest absolute Gasteiger partial charge is 0.379 e. The largest absolute Gasteiger partial charge is 0.408 e. The Balaban J connectivity index is 2.19. The Bertz CT molecular complexity index is 564. The first kappa shape index (κ1) is 16.7. The highest BCUT2D eigenvalue weighted by Crippen LogP contribution is 2.31. The number of anilines is 1. The van der Waals surface area contributed by atoms with Crippen LogP contribution in [0, 0.1) is 0 Å². The van der Waals surface area contributed by atoms with E-state index in [0.717, 1.165) is 19.3 Å². The second kappa shape index (κ2) is 6.60. The summed E-state index contributed by atoms with van der Waals surface area (Å²) in [5, 5.41) is 7.26. The number of alkyl halides is 3. The van der Waals surface area contributed by atoms with Gasteiger partial charge in [0.05, 0.1) is 11.9 Å². The van der Waals surface area contributed by atoms with Crippen molar-refractivity contribution in [3.8, 4) is 0 Å². The van der Waals surface area contributed by atoms with Gasteiger partial charge in [0, 0.05) is 11.3 Å². The van der Waals surface area contributed by atoms with Crippen molar-refractivity contribution in [1.29, 1.82) is 0 Å². The Morgan fingerprint density at radius 3 is 2.86 bits per heavy atom. The van der Waals surface area contributed by atoms with E-state index in [1.54, 1.807) is 11.8 Å². The molecule has 2 unspecified atom stereocenters. The van der Waals surface area contributed by atoms with E-state index >= 15 is 0 Å². The van der Waals surface area contributed by atoms with E-state index in [9.17, 15) is 18.0 Å². The summed E-state index contributed by atoms with van der Waals surface area (Å²) in [7, 11) is 0. The van der Waals surface area contributed by atoms with Crippen molar-refractivity contribution in [2.75, 3.05) is 11.6 Å². The Hall–Kier alpha value is -0.700. The van der Waals surface area contributed by atoms with Crippen LogP contribution < -0.4 is 10.9 Å². The van der Waals surface area contributed by atoms with Crippen LogP contribution in [0.1, 0.15) is 19.3 Å². The monoisotopic (exact) mass is 385 g/mol. The molecule has 1 saturated carbocycles. The van der Waals surface area contributed by atoms with E-state index in [-0.39, 0.29) is 10.5 Å². The van der Waals surface area contributed by atoms with Crippen LogP contribution in [0.5, 0.6) is 0 Å². The predicted octanol–water partition coefficient (Wildman–Crippen LogP) is 3.26. The van der Waals surface area contributed by atoms with Crippen molar-refractivity contribution in [2.45, 2.75) is 43.3 Å². The molecule has 1 aromatic heterocycles. The van der Waals surface area contributed by atoms with Gasteiger partial charge in [0.15, 0.2) is 0 Å². The molecule has 1 aliphatic carbocycles. The maximum atomic E-state index is 12.3. The molecule has 0 aromatic carbocycles. The summed E-state index contributed by atoms with van der Waals surface area (Å²) in [4.78, 5) is 11.9. The molecule has 0 spiro atoms. The van der Waals surface area contributed by atoms with Crippen molar-refractivity contribution in [1.82, 2.24) is 9.78 Å². The summed E-state index contributed by atoms with van der Waals surface area (Å²) in [6.45, 7) is -1.39. The molecule has 1 fully saturated rings. The zero-order chi connectivity index (χ0) is 15.6. The van der Waals surface area contributed by atoms with Gasteiger partial charge >= 0.3 is 6.18 Å². The van der Waals surface area contributed by atoms with E-state index in [1.165, 1.54) is 6.20 Å². The number of hydrogen-bond donors (Lipinski definition) is 1. The number of thioether (sulfide) groups is 1. The topological polar surface area (TPSA) is 46.9 Å². The minimum atomic E-state index is -4.47. The van der Waals surface area contributed by atoms with Gasteiger partial charge in [-0.15, -0.1) is 0 Å². The Labute approximate surface area is 132 Å². The van der Waals surface area contributed by atoms with Gasteiger partial charge in [-0.2, -0.15) is 30.0 Å². The van der Waals surface area contributed by atoms with E-state index in [2.05, 4.69) is 26.3 Å². The second-order valence-electron chi connectivity index (χ2n) is 4.91. The first-order valence-corrected chi connectivity index (χ1v) is 8.51. The second-order valence-corrected chi connectivity index (χ2v) is 6.78. The Kier molecular flexibility index (Phi) is 5.24. The highest BCUT2D eigenvalue weighted by molar-refractivity contribution is 9.10. The molecule has 0 radical (unpaired) electrons. The minimum Gasteiger partial charge on any atom is -0.379 e. The molecule has 0 saturated heterocycles. The number of aromatic nitrogens is 2. The van der Waals surface area contributed by atoms with E-state index in [1.807, 2.05) is 6.26 Å². The average Bonchev–Trinajstić information content (AvgIpc) is 2.84. The molecule has 1 heterocycles. The molecule has 4 nitrogen and oxygen atoms in total. The SMILES string of the molecule is CSC1CCCC1Nc1cnn(CC(F)(F)F)c(=O)c1Br. The summed E-state index contributed by atoms with van der Waals surface area (Å²) >= 11 is 4.83. The zero-order valence-electron chi connectivity index (χ0n) is 11.3. The van der Waals surface area contributed by atoms with Crippen molar-refractivity contribution < 1.29 is 13.2 Å². The summed E-state index contributed by atoms with van der Waals surface area (Å²) < 4.78 is 37.5. The first-order chi connectivity index (χ1) is 9.81. The van der Waals surface area contributed by atoms with Gasteiger partial charge in [0.25, 0.3) is 5.56 Å². The molecule has 118 valence electrons. The lowest BCUT2D eigenvalue weighted by Gasteiger charge is -2.21. The molecule has 2 atom stereocenters. The lowest BCUT2D eigenvalue weighted by molar-refractivity contribution is -0.143. The standard InChI is InChI=1S/C12H15BrF3N3OS/c1-21-9-4-2-3-7(9)18-8-5-17-19(6-12(14,15)16)11(20)10(8)13/h5,7,9,18H,2-4,6H2,1H3. The summed E-state index contributed by atoms with van der Waals surface area (Å²) in [5.74, 6) is 0. The van der Waals surface area contributed by atoms with Gasteiger partial charge in [-0.1, -0.05) is 6.42 Å². The molecule has 9 heteroatoms. The number of nitrogens with one attached hydrogen (secondary N) is 1. The molecule has 1 N–H and O–H groups in total. The van der Waals surface area contributed by atoms with Gasteiger partial charge in [0.1, 0.15) is 11.0 Å². The lowest BCUT2D eigenvalue weighted by atomic mass is 10.2. The van der Waals surface area contributed by atoms with Crippen molar-refractivity contribution in [3.63, 3.8) is 0 Å². The summed E-state index contributed by atoms with van der Waals surface area (Å²) in [6, 6.07) is 0.205. The van der Waals surface area contributed by atoms with Gasteiger partial charge in [-0.05, 0) is 35.0 Å². The number of nitrogens with zero attached hydrogens (tertiary/aromatic N) is 2. The Morgan fingerprint density at radius 1 is 1.52 bits per heavy atom. The first-order valence-electron chi connectivity index (χ1n) is 6.43. The van der Waals surface area contributed by atoms with Crippen molar-refractivity contribution in [2.24, 2.45) is 0 Å². The van der Waals surface area contributed by atoms with Crippen LogP contribution >= 0.6 is 27.7 Å². The molecule has 2 rings (SSSR count). The molecular formula is C12H15BrF3N3OS. The fourth-order valence-corrected chi connectivity index (χ4v) is 3.78. The van der Waals surface area contributed by atoms with Crippen LogP contribution in [0.4, 0.5) is 18.9 Å². The minimum absolute atomic E-state index is 0.0912. The van der Waals surface area contributed by atoms with E-state index in [4.69, 9.17) is 0 Å². The fourth-order valence-electron chi connectivity index (χ4n) is 2.42. The van der Waals surface area contributed by atoms with Crippen molar-refractivity contribution in [3.05, 3.63) is 21.0 Å². The third-order valence-electron chi connectivity index (χ3n) is 3.41. The highest BCUT2D eigenvalue weighted by Gasteiger charge is 2.30. The summed E-state index contributed by atoms with van der Waals surface area (Å²) in [6.07, 6.45) is 1.99. The lowest BCUT2D eigenvalue weighted by Crippen LogP contribution is -2.32. The summed E-state index contributed by atoms with van der Waals surface area (Å²) in [5.41, 5.74) is -0.333. The highest BCUT2D eigenvalue weighted by atomic mass is 79.9. The van der Waals surface area contributed by atoms with Crippen LogP contribution in [-0.4, -0.2) is 33.5 Å². The van der Waals surface area contributed by atoms with Gasteiger partial charge in [-0.25, -0.2) is 4.68 Å². The molecule has 1 aliphatic rings. The molecule has 0 bridgehead atoms. The van der Waals surface area contributed by atoms with Crippen LogP contribution in [0.2, 0.25) is 0 Å². The third kappa shape index (κ3) is 4.15. The van der Waals surface area contributed by atoms with Gasteiger partial charge < -0.3 is 5.32 Å². The van der Waals surface area contributed by atoms with Crippen LogP contribution in [-0.2, 0) is 6.54 Å². The van der Waals surface area contributed by atoms with Crippen LogP contribution in [0.3, 0.4) is 0 Å². The normalized spacial score (nSPS) is 22.5. The van der Waals surface area contributed by atoms with E-state index < -0.39 is 18.3 Å². The van der Waals surface area contributed by atoms with Crippen molar-refractivity contribution >= 4 is 33.4 Å². The van der Waals surface area contributed by atoms with Crippen LogP contribution in [0.25, 0.3) is 0 Å². The van der Waals surface area contributed by atoms with Gasteiger partial charge in [0.2, 0.25) is 0 Å². The molecule has 1 aromatic rings. The number of hydrogen-bond acceptors (Lipinski definition) is 4. The third-order valence-corrected chi connectivity index (χ3v) is 5.35. The maximum Gasteiger partial charge on any atom is 0.408 e. The number of halogens is 4. The average molecular weight is 386 g/mol. The molecule has 0 aliphatic heterocycles. The molecular weight excluding hydrogens is 371 g/mol.